The van der Waals surface area contributed by atoms with Gasteiger partial charge in [-0.2, -0.15) is 0 Å². The highest BCUT2D eigenvalue weighted by Gasteiger charge is 2.66. The molecule has 9 nitrogen and oxygen atoms in total. The van der Waals surface area contributed by atoms with Crippen molar-refractivity contribution in [3.63, 3.8) is 0 Å². The van der Waals surface area contributed by atoms with Crippen LogP contribution in [0.4, 0.5) is 0 Å². The van der Waals surface area contributed by atoms with Gasteiger partial charge in [0.2, 0.25) is 5.91 Å². The summed E-state index contributed by atoms with van der Waals surface area (Å²) in [5.74, 6) is -2.75. The van der Waals surface area contributed by atoms with Crippen molar-refractivity contribution in [3.8, 4) is 0 Å². The number of carbonyl (C=O) groups excluding carboxylic acids is 2. The van der Waals surface area contributed by atoms with Gasteiger partial charge in [0.1, 0.15) is 21.9 Å². The van der Waals surface area contributed by atoms with E-state index in [4.69, 9.17) is 4.74 Å². The Morgan fingerprint density at radius 2 is 2.16 bits per heavy atom. The molecule has 0 saturated carbocycles. The van der Waals surface area contributed by atoms with Crippen molar-refractivity contribution in [2.45, 2.75) is 44.4 Å². The summed E-state index contributed by atoms with van der Waals surface area (Å²) >= 11 is 2.90. The summed E-state index contributed by atoms with van der Waals surface area (Å²) < 4.78 is 7.01. The first-order valence-corrected chi connectivity index (χ1v) is 11.8. The molecule has 31 heavy (non-hydrogen) atoms. The van der Waals surface area contributed by atoms with Gasteiger partial charge < -0.3 is 19.8 Å². The number of β-lactam (4-membered cyclic amide) rings is 1. The maximum absolute atomic E-state index is 12.8. The fourth-order valence-electron chi connectivity index (χ4n) is 4.77. The second kappa shape index (κ2) is 7.64. The number of aromatic nitrogens is 2. The predicted molar refractivity (Wildman–Crippen MR) is 115 cm³/mol. The molecule has 4 rings (SSSR count). The molecule has 0 radical (unpaired) electrons. The number of nitrogens with zero attached hydrogens (tertiary/aromatic N) is 3. The molecule has 0 aromatic carbocycles. The van der Waals surface area contributed by atoms with Crippen LogP contribution in [0.3, 0.4) is 0 Å². The monoisotopic (exact) mass is 465 g/mol. The fourth-order valence-corrected chi connectivity index (χ4v) is 6.73. The molecule has 2 N–H and O–H groups in total. The van der Waals surface area contributed by atoms with Gasteiger partial charge in [0.05, 0.1) is 29.5 Å². The molecule has 4 heterocycles. The zero-order valence-electron chi connectivity index (χ0n) is 17.5. The van der Waals surface area contributed by atoms with Crippen LogP contribution in [0.2, 0.25) is 0 Å². The van der Waals surface area contributed by atoms with Gasteiger partial charge in [0, 0.05) is 24.1 Å². The van der Waals surface area contributed by atoms with Crippen molar-refractivity contribution >= 4 is 51.3 Å². The normalized spacial score (nSPS) is 26.2. The molecule has 1 amide bonds. The summed E-state index contributed by atoms with van der Waals surface area (Å²) in [6.07, 6.45) is 4.80. The zero-order valence-corrected chi connectivity index (χ0v) is 19.1. The number of ether oxygens (including phenoxy) is 1. The zero-order chi connectivity index (χ0) is 22.7. The highest BCUT2D eigenvalue weighted by molar-refractivity contribution is 7.98. The first kappa shape index (κ1) is 21.8. The maximum Gasteiger partial charge on any atom is 0.352 e. The van der Waals surface area contributed by atoms with Gasteiger partial charge in [-0.3, -0.25) is 14.0 Å². The Labute approximate surface area is 186 Å². The molecule has 2 aliphatic heterocycles. The van der Waals surface area contributed by atoms with E-state index >= 15 is 0 Å². The van der Waals surface area contributed by atoms with Gasteiger partial charge in [-0.1, -0.05) is 6.92 Å². The van der Waals surface area contributed by atoms with Crippen LogP contribution in [0.1, 0.15) is 32.1 Å². The molecule has 2 aliphatic rings. The molecule has 11 heteroatoms. The Hall–Kier alpha value is -2.37. The number of hydrogen-bond acceptors (Lipinski definition) is 8. The quantitative estimate of drug-likeness (QED) is 0.362. The lowest BCUT2D eigenvalue weighted by molar-refractivity contribution is -0.167. The molecule has 166 valence electrons. The van der Waals surface area contributed by atoms with Crippen molar-refractivity contribution in [2.75, 3.05) is 12.9 Å². The third kappa shape index (κ3) is 3.17. The number of thioether (sulfide) groups is 1. The largest absolute Gasteiger partial charge is 0.477 e. The minimum Gasteiger partial charge on any atom is -0.477 e. The number of carboxylic acids is 1. The number of aliphatic carboxylic acids is 1. The Balaban J connectivity index is 1.88. The molecule has 0 aliphatic carbocycles. The first-order valence-electron chi connectivity index (χ1n) is 9.75. The molecule has 1 unspecified atom stereocenters. The number of esters is 1. The first-order chi connectivity index (χ1) is 14.6. The third-order valence-electron chi connectivity index (χ3n) is 6.11. The van der Waals surface area contributed by atoms with E-state index in [2.05, 4.69) is 4.98 Å². The molecule has 2 aromatic rings. The highest BCUT2D eigenvalue weighted by atomic mass is 32.2. The van der Waals surface area contributed by atoms with E-state index in [1.54, 1.807) is 6.33 Å². The van der Waals surface area contributed by atoms with Crippen molar-refractivity contribution in [3.05, 3.63) is 23.1 Å². The number of thiazole rings is 1. The predicted octanol–water partition coefficient (Wildman–Crippen LogP) is 2.09. The number of hydrogen-bond donors (Lipinski definition) is 2. The van der Waals surface area contributed by atoms with Gasteiger partial charge >= 0.3 is 11.9 Å². The highest BCUT2D eigenvalue weighted by Crippen LogP contribution is 2.60. The molecule has 4 atom stereocenters. The minimum absolute atomic E-state index is 0.0691. The standard InChI is InChI=1S/C20H23N3O6S2/c1-9(24)12-15-20(3,5-6-29-10(2)25)13(14(19(27)28)23(15)17(12)26)11-7-22-8-21-16(30-4)18(22)31-11/h7-9,12,15,24H,5-6H2,1-4H3,(H,27,28)/t9?,12-,15-,20+/m1/s1. The average Bonchev–Trinajstić information content (AvgIpc) is 3.29. The smallest absolute Gasteiger partial charge is 0.352 e. The Bertz CT molecular complexity index is 1120. The number of imidazole rings is 1. The SMILES string of the molecule is CSc1ncn2cc(C3=C(C(=O)O)N4C(=O)[C@H](C(C)O)[C@@H]4[C@@]3(C)CCOC(C)=O)sc12. The number of aliphatic hydroxyl groups excluding tert-OH is 1. The fraction of sp³-hybridized carbons (Fsp3) is 0.500. The van der Waals surface area contributed by atoms with Crippen molar-refractivity contribution in [2.24, 2.45) is 11.3 Å². The van der Waals surface area contributed by atoms with Crippen molar-refractivity contribution < 1.29 is 29.3 Å². The molecule has 0 spiro atoms. The van der Waals surface area contributed by atoms with Crippen LogP contribution in [-0.2, 0) is 19.1 Å². The number of carboxylic acid groups (broad SMARTS) is 1. The Kier molecular flexibility index (Phi) is 5.39. The minimum atomic E-state index is -1.20. The summed E-state index contributed by atoms with van der Waals surface area (Å²) in [5.41, 5.74) is -0.371. The summed E-state index contributed by atoms with van der Waals surface area (Å²) in [7, 11) is 0. The van der Waals surface area contributed by atoms with E-state index in [9.17, 15) is 24.6 Å². The lowest BCUT2D eigenvalue weighted by Gasteiger charge is -2.50. The van der Waals surface area contributed by atoms with Crippen LogP contribution in [0.5, 0.6) is 0 Å². The van der Waals surface area contributed by atoms with Gasteiger partial charge in [-0.25, -0.2) is 9.78 Å². The Morgan fingerprint density at radius 3 is 2.74 bits per heavy atom. The Morgan fingerprint density at radius 1 is 1.45 bits per heavy atom. The third-order valence-corrected chi connectivity index (χ3v) is 8.05. The number of fused-ring (bicyclic) bond motifs is 2. The van der Waals surface area contributed by atoms with Crippen LogP contribution < -0.4 is 0 Å². The van der Waals surface area contributed by atoms with E-state index < -0.39 is 41.3 Å². The van der Waals surface area contributed by atoms with Crippen LogP contribution in [0, 0.1) is 11.3 Å². The number of amides is 1. The second-order valence-corrected chi connectivity index (χ2v) is 9.84. The summed E-state index contributed by atoms with van der Waals surface area (Å²) in [6, 6.07) is -0.531. The van der Waals surface area contributed by atoms with Crippen molar-refractivity contribution in [1.29, 1.82) is 0 Å². The van der Waals surface area contributed by atoms with Crippen LogP contribution in [-0.4, -0.2) is 67.4 Å². The van der Waals surface area contributed by atoms with Gasteiger partial charge in [0.15, 0.2) is 0 Å². The molecule has 1 fully saturated rings. The lowest BCUT2D eigenvalue weighted by Crippen LogP contribution is -2.66. The van der Waals surface area contributed by atoms with Crippen LogP contribution in [0.25, 0.3) is 10.4 Å². The maximum atomic E-state index is 12.8. The van der Waals surface area contributed by atoms with E-state index in [0.29, 0.717) is 16.9 Å². The van der Waals surface area contributed by atoms with E-state index in [0.717, 1.165) is 9.86 Å². The van der Waals surface area contributed by atoms with E-state index in [1.807, 2.05) is 23.8 Å². The van der Waals surface area contributed by atoms with Gasteiger partial charge in [-0.15, -0.1) is 23.1 Å². The summed E-state index contributed by atoms with van der Waals surface area (Å²) in [6.45, 7) is 4.81. The summed E-state index contributed by atoms with van der Waals surface area (Å²) in [5, 5.41) is 21.1. The van der Waals surface area contributed by atoms with Crippen molar-refractivity contribution in [1.82, 2.24) is 14.3 Å². The van der Waals surface area contributed by atoms with Gasteiger partial charge in [-0.05, 0) is 19.6 Å². The molecular weight excluding hydrogens is 442 g/mol. The lowest BCUT2D eigenvalue weighted by atomic mass is 9.66. The molecule has 2 aromatic heterocycles. The molecule has 0 bridgehead atoms. The molecule has 1 saturated heterocycles. The van der Waals surface area contributed by atoms with E-state index in [1.165, 1.54) is 41.8 Å². The summed E-state index contributed by atoms with van der Waals surface area (Å²) in [4.78, 5) is 43.7. The average molecular weight is 466 g/mol. The van der Waals surface area contributed by atoms with Crippen LogP contribution >= 0.6 is 23.1 Å². The van der Waals surface area contributed by atoms with Gasteiger partial charge in [0.25, 0.3) is 0 Å². The van der Waals surface area contributed by atoms with Crippen LogP contribution in [0.15, 0.2) is 23.2 Å². The number of carbonyl (C=O) groups is 3. The topological polar surface area (TPSA) is 121 Å². The number of rotatable bonds is 7. The van der Waals surface area contributed by atoms with E-state index in [-0.39, 0.29) is 12.3 Å². The molecular formula is C20H23N3O6S2. The number of aliphatic hydroxyl groups is 1. The second-order valence-electron chi connectivity index (χ2n) is 8.02.